The van der Waals surface area contributed by atoms with Crippen LogP contribution in [0.25, 0.3) is 0 Å². The molecule has 0 radical (unpaired) electrons. The van der Waals surface area contributed by atoms with E-state index in [-0.39, 0.29) is 30.1 Å². The molecule has 0 aromatic heterocycles. The first kappa shape index (κ1) is 18.6. The molecule has 1 unspecified atom stereocenters. The Labute approximate surface area is 158 Å². The number of benzene rings is 2. The summed E-state index contributed by atoms with van der Waals surface area (Å²) < 4.78 is 0. The van der Waals surface area contributed by atoms with Crippen LogP contribution in [-0.2, 0) is 20.8 Å². The lowest BCUT2D eigenvalue weighted by atomic mass is 9.89. The molecule has 3 rings (SSSR count). The van der Waals surface area contributed by atoms with E-state index in [2.05, 4.69) is 10.6 Å². The lowest BCUT2D eigenvalue weighted by Crippen LogP contribution is -2.30. The first-order valence-corrected chi connectivity index (χ1v) is 8.97. The fourth-order valence-corrected chi connectivity index (χ4v) is 3.13. The Morgan fingerprint density at radius 1 is 1.15 bits per heavy atom. The molecule has 6 heteroatoms. The zero-order chi connectivity index (χ0) is 19.4. The summed E-state index contributed by atoms with van der Waals surface area (Å²) in [4.78, 5) is 37.3. The van der Waals surface area contributed by atoms with E-state index in [1.807, 2.05) is 24.3 Å². The van der Waals surface area contributed by atoms with Gasteiger partial charge in [-0.1, -0.05) is 18.2 Å². The predicted molar refractivity (Wildman–Crippen MR) is 106 cm³/mol. The number of carbonyl (C=O) groups excluding carboxylic acids is 3. The quantitative estimate of drug-likeness (QED) is 0.854. The maximum atomic E-state index is 12.2. The summed E-state index contributed by atoms with van der Waals surface area (Å²) in [6, 6.07) is 14.8. The third-order valence-electron chi connectivity index (χ3n) is 4.84. The van der Waals surface area contributed by atoms with Crippen LogP contribution in [0.5, 0.6) is 0 Å². The van der Waals surface area contributed by atoms with E-state index in [1.54, 1.807) is 31.3 Å². The highest BCUT2D eigenvalue weighted by Gasteiger charge is 2.26. The molecule has 2 aromatic carbocycles. The monoisotopic (exact) mass is 365 g/mol. The molecular formula is C21H23N3O3. The van der Waals surface area contributed by atoms with Gasteiger partial charge in [-0.15, -0.1) is 0 Å². The van der Waals surface area contributed by atoms with Crippen LogP contribution in [0.2, 0.25) is 0 Å². The molecule has 0 aliphatic carbocycles. The Balaban J connectivity index is 1.53. The van der Waals surface area contributed by atoms with E-state index < -0.39 is 0 Å². The highest BCUT2D eigenvalue weighted by atomic mass is 16.2. The van der Waals surface area contributed by atoms with E-state index >= 15 is 0 Å². The van der Waals surface area contributed by atoms with Crippen LogP contribution in [0.3, 0.4) is 0 Å². The van der Waals surface area contributed by atoms with Crippen LogP contribution in [0.1, 0.15) is 25.3 Å². The van der Waals surface area contributed by atoms with E-state index in [0.29, 0.717) is 18.5 Å². The number of para-hydroxylation sites is 1. The normalized spacial score (nSPS) is 15.5. The molecule has 6 nitrogen and oxygen atoms in total. The average Bonchev–Trinajstić information content (AvgIpc) is 2.66. The molecule has 3 amide bonds. The molecule has 1 heterocycles. The highest BCUT2D eigenvalue weighted by molar-refractivity contribution is 5.97. The van der Waals surface area contributed by atoms with Crippen molar-refractivity contribution in [1.82, 2.24) is 0 Å². The van der Waals surface area contributed by atoms with Gasteiger partial charge in [-0.2, -0.15) is 0 Å². The van der Waals surface area contributed by atoms with Crippen molar-refractivity contribution in [3.05, 3.63) is 54.1 Å². The Hall–Kier alpha value is -3.15. The van der Waals surface area contributed by atoms with Gasteiger partial charge in [-0.05, 0) is 48.7 Å². The number of hydrogen-bond acceptors (Lipinski definition) is 3. The van der Waals surface area contributed by atoms with Gasteiger partial charge in [-0.25, -0.2) is 0 Å². The third-order valence-corrected chi connectivity index (χ3v) is 4.84. The van der Waals surface area contributed by atoms with Gasteiger partial charge in [0.1, 0.15) is 0 Å². The zero-order valence-corrected chi connectivity index (χ0v) is 15.5. The fraction of sp³-hybridized carbons (Fsp3) is 0.286. The van der Waals surface area contributed by atoms with Crippen LogP contribution in [0.15, 0.2) is 48.5 Å². The van der Waals surface area contributed by atoms with Crippen molar-refractivity contribution >= 4 is 34.8 Å². The number of rotatable bonds is 5. The van der Waals surface area contributed by atoms with Gasteiger partial charge in [0.05, 0.1) is 0 Å². The number of hydrogen-bond donors (Lipinski definition) is 2. The summed E-state index contributed by atoms with van der Waals surface area (Å²) in [6.45, 7) is 1.50. The molecule has 140 valence electrons. The molecule has 1 aliphatic rings. The molecule has 0 fully saturated rings. The highest BCUT2D eigenvalue weighted by Crippen LogP contribution is 2.27. The topological polar surface area (TPSA) is 78.5 Å². The number of carbonyl (C=O) groups is 3. The van der Waals surface area contributed by atoms with Crippen molar-refractivity contribution in [2.75, 3.05) is 22.6 Å². The predicted octanol–water partition coefficient (Wildman–Crippen LogP) is 3.20. The minimum absolute atomic E-state index is 0.0295. The van der Waals surface area contributed by atoms with Crippen LogP contribution in [0, 0.1) is 5.92 Å². The smallest absolute Gasteiger partial charge is 0.227 e. The van der Waals surface area contributed by atoms with E-state index in [9.17, 15) is 14.4 Å². The van der Waals surface area contributed by atoms with Gasteiger partial charge in [0, 0.05) is 43.4 Å². The molecule has 0 spiro atoms. The summed E-state index contributed by atoms with van der Waals surface area (Å²) in [7, 11) is 1.70. The fourth-order valence-electron chi connectivity index (χ4n) is 3.13. The lowest BCUT2D eigenvalue weighted by Gasteiger charge is -2.24. The summed E-state index contributed by atoms with van der Waals surface area (Å²) in [6.07, 6.45) is 1.42. The maximum Gasteiger partial charge on any atom is 0.227 e. The van der Waals surface area contributed by atoms with Gasteiger partial charge in [0.25, 0.3) is 0 Å². The molecule has 0 saturated heterocycles. The zero-order valence-electron chi connectivity index (χ0n) is 15.5. The lowest BCUT2D eigenvalue weighted by molar-refractivity contribution is -0.121. The number of fused-ring (bicyclic) bond motifs is 1. The SMILES string of the molecule is CC(=O)N(C)c1ccc(NC(=O)CCC2Cc3ccccc3NC2=O)cc1. The standard InChI is InChI=1S/C21H23N3O3/c1-14(25)24(2)18-10-8-17(9-11-18)22-20(26)12-7-16-13-15-5-3-4-6-19(15)23-21(16)27/h3-6,8-11,16H,7,12-13H2,1-2H3,(H,22,26)(H,23,27). The van der Waals surface area contributed by atoms with Gasteiger partial charge < -0.3 is 15.5 Å². The van der Waals surface area contributed by atoms with Gasteiger partial charge in [0.2, 0.25) is 17.7 Å². The summed E-state index contributed by atoms with van der Waals surface area (Å²) in [5, 5.41) is 5.74. The average molecular weight is 365 g/mol. The minimum Gasteiger partial charge on any atom is -0.326 e. The summed E-state index contributed by atoms with van der Waals surface area (Å²) >= 11 is 0. The number of nitrogens with one attached hydrogen (secondary N) is 2. The molecule has 0 saturated carbocycles. The van der Waals surface area contributed by atoms with Crippen molar-refractivity contribution in [2.24, 2.45) is 5.92 Å². The van der Waals surface area contributed by atoms with Crippen LogP contribution >= 0.6 is 0 Å². The molecule has 1 atom stereocenters. The first-order valence-electron chi connectivity index (χ1n) is 8.97. The molecule has 0 bridgehead atoms. The van der Waals surface area contributed by atoms with Crippen molar-refractivity contribution in [2.45, 2.75) is 26.2 Å². The van der Waals surface area contributed by atoms with Crippen molar-refractivity contribution in [3.63, 3.8) is 0 Å². The van der Waals surface area contributed by atoms with Crippen LogP contribution in [-0.4, -0.2) is 24.8 Å². The molecule has 2 N–H and O–H groups in total. The van der Waals surface area contributed by atoms with E-state index in [0.717, 1.165) is 16.9 Å². The van der Waals surface area contributed by atoms with Gasteiger partial charge in [0.15, 0.2) is 0 Å². The largest absolute Gasteiger partial charge is 0.326 e. The summed E-state index contributed by atoms with van der Waals surface area (Å²) in [5.41, 5.74) is 3.39. The number of amides is 3. The van der Waals surface area contributed by atoms with Gasteiger partial charge in [-0.3, -0.25) is 14.4 Å². The second-order valence-corrected chi connectivity index (χ2v) is 6.76. The summed E-state index contributed by atoms with van der Waals surface area (Å²) in [5.74, 6) is -0.413. The number of nitrogens with zero attached hydrogens (tertiary/aromatic N) is 1. The van der Waals surface area contributed by atoms with Crippen LogP contribution in [0.4, 0.5) is 17.1 Å². The molecular weight excluding hydrogens is 342 g/mol. The number of anilines is 3. The molecule has 1 aliphatic heterocycles. The molecule has 2 aromatic rings. The van der Waals surface area contributed by atoms with Gasteiger partial charge >= 0.3 is 0 Å². The first-order chi connectivity index (χ1) is 12.9. The van der Waals surface area contributed by atoms with Crippen molar-refractivity contribution in [1.29, 1.82) is 0 Å². The second-order valence-electron chi connectivity index (χ2n) is 6.76. The van der Waals surface area contributed by atoms with E-state index in [4.69, 9.17) is 0 Å². The minimum atomic E-state index is -0.197. The molecule has 27 heavy (non-hydrogen) atoms. The Morgan fingerprint density at radius 2 is 1.85 bits per heavy atom. The second kappa shape index (κ2) is 8.03. The Morgan fingerprint density at radius 3 is 2.56 bits per heavy atom. The van der Waals surface area contributed by atoms with Crippen molar-refractivity contribution in [3.8, 4) is 0 Å². The van der Waals surface area contributed by atoms with E-state index in [1.165, 1.54) is 11.8 Å². The maximum absolute atomic E-state index is 12.2. The Bertz CT molecular complexity index is 861. The Kier molecular flexibility index (Phi) is 5.54. The third kappa shape index (κ3) is 4.53. The van der Waals surface area contributed by atoms with Crippen molar-refractivity contribution < 1.29 is 14.4 Å². The van der Waals surface area contributed by atoms with Crippen LogP contribution < -0.4 is 15.5 Å².